The molecular formula is C19H14BrCl2NO2S2. The van der Waals surface area contributed by atoms with Gasteiger partial charge in [-0.3, -0.25) is 9.69 Å². The molecule has 0 radical (unpaired) electrons. The summed E-state index contributed by atoms with van der Waals surface area (Å²) >= 11 is 22.2. The highest BCUT2D eigenvalue weighted by atomic mass is 79.9. The van der Waals surface area contributed by atoms with Gasteiger partial charge >= 0.3 is 0 Å². The van der Waals surface area contributed by atoms with Crippen LogP contribution in [0, 0.1) is 0 Å². The van der Waals surface area contributed by atoms with Gasteiger partial charge in [0, 0.05) is 10.0 Å². The van der Waals surface area contributed by atoms with E-state index in [4.69, 9.17) is 40.2 Å². The molecule has 2 aromatic rings. The molecule has 0 bridgehead atoms. The lowest BCUT2D eigenvalue weighted by Gasteiger charge is -2.15. The highest BCUT2D eigenvalue weighted by Crippen LogP contribution is 2.39. The zero-order chi connectivity index (χ0) is 19.6. The third-order valence-corrected chi connectivity index (χ3v) is 6.21. The summed E-state index contributed by atoms with van der Waals surface area (Å²) in [6.45, 7) is 2.65. The number of ether oxygens (including phenoxy) is 1. The molecule has 0 saturated carbocycles. The molecule has 0 spiro atoms. The Kier molecular flexibility index (Phi) is 6.87. The van der Waals surface area contributed by atoms with Crippen molar-refractivity contribution in [1.82, 2.24) is 0 Å². The van der Waals surface area contributed by atoms with Gasteiger partial charge in [-0.05, 0) is 48.9 Å². The predicted molar refractivity (Wildman–Crippen MR) is 122 cm³/mol. The summed E-state index contributed by atoms with van der Waals surface area (Å²) in [5.74, 6) is 0.518. The number of hydrogen-bond acceptors (Lipinski definition) is 4. The number of thioether (sulfide) groups is 1. The summed E-state index contributed by atoms with van der Waals surface area (Å²) in [4.78, 5) is 14.9. The van der Waals surface area contributed by atoms with Crippen molar-refractivity contribution >= 4 is 85.1 Å². The molecule has 1 amide bonds. The number of carbonyl (C=O) groups excluding carboxylic acids is 1. The number of nitrogens with zero attached hydrogens (tertiary/aromatic N) is 1. The topological polar surface area (TPSA) is 29.5 Å². The number of halogens is 3. The number of benzene rings is 2. The lowest BCUT2D eigenvalue weighted by Crippen LogP contribution is -2.27. The van der Waals surface area contributed by atoms with Crippen LogP contribution < -0.4 is 9.64 Å². The van der Waals surface area contributed by atoms with Crippen molar-refractivity contribution in [3.05, 3.63) is 61.4 Å². The fourth-order valence-corrected chi connectivity index (χ4v) is 4.39. The zero-order valence-electron chi connectivity index (χ0n) is 14.2. The zero-order valence-corrected chi connectivity index (χ0v) is 18.9. The van der Waals surface area contributed by atoms with Crippen molar-refractivity contribution < 1.29 is 9.53 Å². The molecule has 8 heteroatoms. The van der Waals surface area contributed by atoms with Gasteiger partial charge in [0.25, 0.3) is 5.91 Å². The minimum atomic E-state index is -0.204. The van der Waals surface area contributed by atoms with Crippen LogP contribution in [0.15, 0.2) is 45.8 Å². The van der Waals surface area contributed by atoms with Crippen LogP contribution >= 0.6 is 63.1 Å². The summed E-state index contributed by atoms with van der Waals surface area (Å²) in [5.41, 5.74) is 1.40. The standard InChI is InChI=1S/C19H14BrCl2NO2S2/c1-2-7-25-16-6-3-12(20)8-11(16)9-17-18(24)23(19(26)27-17)13-4-5-14(21)15(22)10-13/h3-6,8-10H,2,7H2,1H3/b17-9-. The van der Waals surface area contributed by atoms with Gasteiger partial charge in [0.15, 0.2) is 4.32 Å². The molecule has 0 aromatic heterocycles. The Morgan fingerprint density at radius 2 is 2.00 bits per heavy atom. The van der Waals surface area contributed by atoms with Gasteiger partial charge in [-0.15, -0.1) is 0 Å². The van der Waals surface area contributed by atoms with Gasteiger partial charge in [0.05, 0.1) is 27.2 Å². The van der Waals surface area contributed by atoms with Crippen LogP contribution in [0.2, 0.25) is 10.0 Å². The van der Waals surface area contributed by atoms with E-state index in [0.717, 1.165) is 22.2 Å². The average Bonchev–Trinajstić information content (AvgIpc) is 2.90. The van der Waals surface area contributed by atoms with Gasteiger partial charge in [-0.1, -0.05) is 70.0 Å². The number of anilines is 1. The number of carbonyl (C=O) groups is 1. The SMILES string of the molecule is CCCOc1ccc(Br)cc1/C=C1\SC(=S)N(c2ccc(Cl)c(Cl)c2)C1=O. The van der Waals surface area contributed by atoms with Crippen LogP contribution in [0.1, 0.15) is 18.9 Å². The van der Waals surface area contributed by atoms with Crippen molar-refractivity contribution in [1.29, 1.82) is 0 Å². The Labute approximate surface area is 185 Å². The van der Waals surface area contributed by atoms with Gasteiger partial charge in [-0.2, -0.15) is 0 Å². The number of hydrogen-bond donors (Lipinski definition) is 0. The fourth-order valence-electron chi connectivity index (χ4n) is 2.43. The Balaban J connectivity index is 1.95. The lowest BCUT2D eigenvalue weighted by atomic mass is 10.2. The molecule has 0 aliphatic carbocycles. The number of rotatable bonds is 5. The summed E-state index contributed by atoms with van der Waals surface area (Å²) in [5, 5.41) is 0.794. The van der Waals surface area contributed by atoms with Gasteiger partial charge < -0.3 is 4.74 Å². The van der Waals surface area contributed by atoms with Crippen LogP contribution in [-0.2, 0) is 4.79 Å². The monoisotopic (exact) mass is 501 g/mol. The Hall–Kier alpha value is -1.05. The summed E-state index contributed by atoms with van der Waals surface area (Å²) in [6.07, 6.45) is 2.70. The van der Waals surface area contributed by atoms with Gasteiger partial charge in [0.1, 0.15) is 5.75 Å². The molecule has 1 saturated heterocycles. The van der Waals surface area contributed by atoms with Crippen molar-refractivity contribution in [3.8, 4) is 5.75 Å². The summed E-state index contributed by atoms with van der Waals surface area (Å²) in [6, 6.07) is 10.7. The summed E-state index contributed by atoms with van der Waals surface area (Å²) < 4.78 is 7.13. The Bertz CT molecular complexity index is 949. The van der Waals surface area contributed by atoms with E-state index in [0.29, 0.717) is 31.6 Å². The molecule has 2 aromatic carbocycles. The molecule has 3 nitrogen and oxygen atoms in total. The molecule has 0 atom stereocenters. The third kappa shape index (κ3) is 4.69. The van der Waals surface area contributed by atoms with Crippen LogP contribution in [0.4, 0.5) is 5.69 Å². The molecular weight excluding hydrogens is 489 g/mol. The highest BCUT2D eigenvalue weighted by Gasteiger charge is 2.33. The largest absolute Gasteiger partial charge is 0.493 e. The second kappa shape index (κ2) is 8.97. The molecule has 1 aliphatic heterocycles. The van der Waals surface area contributed by atoms with Crippen molar-refractivity contribution in [2.24, 2.45) is 0 Å². The van der Waals surface area contributed by atoms with E-state index >= 15 is 0 Å². The average molecular weight is 503 g/mol. The van der Waals surface area contributed by atoms with Crippen LogP contribution in [-0.4, -0.2) is 16.8 Å². The number of amides is 1. The molecule has 0 unspecified atom stereocenters. The molecule has 0 N–H and O–H groups in total. The maximum Gasteiger partial charge on any atom is 0.270 e. The third-order valence-electron chi connectivity index (χ3n) is 3.68. The first-order valence-corrected chi connectivity index (χ1v) is 10.8. The first-order valence-electron chi connectivity index (χ1n) is 8.06. The van der Waals surface area contributed by atoms with Crippen molar-refractivity contribution in [2.45, 2.75) is 13.3 Å². The Morgan fingerprint density at radius 1 is 1.22 bits per heavy atom. The molecule has 1 fully saturated rings. The second-order valence-corrected chi connectivity index (χ2v) is 9.05. The molecule has 3 rings (SSSR count). The number of thiocarbonyl (C=S) groups is 1. The molecule has 1 aliphatic rings. The van der Waals surface area contributed by atoms with Crippen molar-refractivity contribution in [2.75, 3.05) is 11.5 Å². The lowest BCUT2D eigenvalue weighted by molar-refractivity contribution is -0.113. The van der Waals surface area contributed by atoms with E-state index in [1.807, 2.05) is 25.1 Å². The quantitative estimate of drug-likeness (QED) is 0.326. The normalized spacial score (nSPS) is 15.7. The van der Waals surface area contributed by atoms with E-state index in [9.17, 15) is 4.79 Å². The summed E-state index contributed by atoms with van der Waals surface area (Å²) in [7, 11) is 0. The first kappa shape index (κ1) is 20.7. The molecule has 27 heavy (non-hydrogen) atoms. The van der Waals surface area contributed by atoms with Crippen molar-refractivity contribution in [3.63, 3.8) is 0 Å². The van der Waals surface area contributed by atoms with Gasteiger partial charge in [0.2, 0.25) is 0 Å². The van der Waals surface area contributed by atoms with E-state index < -0.39 is 0 Å². The van der Waals surface area contributed by atoms with E-state index in [1.165, 1.54) is 16.7 Å². The first-order chi connectivity index (χ1) is 12.9. The smallest absolute Gasteiger partial charge is 0.270 e. The molecule has 1 heterocycles. The highest BCUT2D eigenvalue weighted by molar-refractivity contribution is 9.10. The van der Waals surface area contributed by atoms with Gasteiger partial charge in [-0.25, -0.2) is 0 Å². The maximum absolute atomic E-state index is 12.9. The van der Waals surface area contributed by atoms with E-state index in [2.05, 4.69) is 15.9 Å². The van der Waals surface area contributed by atoms with E-state index in [1.54, 1.807) is 24.3 Å². The second-order valence-electron chi connectivity index (χ2n) is 5.65. The molecule has 140 valence electrons. The van der Waals surface area contributed by atoms with Crippen LogP contribution in [0.25, 0.3) is 6.08 Å². The predicted octanol–water partition coefficient (Wildman–Crippen LogP) is 6.95. The van der Waals surface area contributed by atoms with Crippen LogP contribution in [0.3, 0.4) is 0 Å². The van der Waals surface area contributed by atoms with E-state index in [-0.39, 0.29) is 5.91 Å². The Morgan fingerprint density at radius 3 is 2.70 bits per heavy atom. The fraction of sp³-hybridized carbons (Fsp3) is 0.158. The van der Waals surface area contributed by atoms with Crippen LogP contribution in [0.5, 0.6) is 5.75 Å². The maximum atomic E-state index is 12.9. The minimum Gasteiger partial charge on any atom is -0.493 e. The minimum absolute atomic E-state index is 0.204.